The Hall–Kier alpha value is -1.07. The molecule has 0 heterocycles. The number of aryl methyl sites for hydroxylation is 1. The molecule has 18 heavy (non-hydrogen) atoms. The molecule has 100 valence electrons. The molecule has 4 nitrogen and oxygen atoms in total. The molecule has 1 fully saturated rings. The number of methoxy groups -OCH3 is 1. The van der Waals surface area contributed by atoms with Gasteiger partial charge in [0, 0.05) is 11.8 Å². The van der Waals surface area contributed by atoms with Gasteiger partial charge in [0.15, 0.2) is 9.84 Å². The van der Waals surface area contributed by atoms with Crippen molar-refractivity contribution in [3.8, 4) is 5.75 Å². The van der Waals surface area contributed by atoms with E-state index in [4.69, 9.17) is 10.5 Å². The van der Waals surface area contributed by atoms with Crippen LogP contribution in [0.15, 0.2) is 23.1 Å². The normalized spacial score (nSPS) is 17.5. The molecule has 1 aromatic carbocycles. The summed E-state index contributed by atoms with van der Waals surface area (Å²) in [7, 11) is -1.71. The standard InChI is InChI=1S/C13H19NO3S/c1-17-11-4-3-10(5-6-13(14)7-8-13)12(9-11)18(2,15)16/h3-4,9H,5-8,14H2,1-2H3. The summed E-state index contributed by atoms with van der Waals surface area (Å²) in [5, 5.41) is 0. The van der Waals surface area contributed by atoms with E-state index in [1.165, 1.54) is 13.4 Å². The first-order chi connectivity index (χ1) is 8.34. The quantitative estimate of drug-likeness (QED) is 0.880. The fourth-order valence-electron chi connectivity index (χ4n) is 2.01. The van der Waals surface area contributed by atoms with Crippen LogP contribution in [0.1, 0.15) is 24.8 Å². The maximum atomic E-state index is 11.8. The SMILES string of the molecule is COc1ccc(CCC2(N)CC2)c(S(C)(=O)=O)c1. The van der Waals surface area contributed by atoms with Crippen molar-refractivity contribution in [2.45, 2.75) is 36.1 Å². The molecule has 2 rings (SSSR count). The Bertz CT molecular complexity index is 547. The number of hydrogen-bond donors (Lipinski definition) is 1. The highest BCUT2D eigenvalue weighted by Crippen LogP contribution is 2.37. The van der Waals surface area contributed by atoms with Gasteiger partial charge in [-0.25, -0.2) is 8.42 Å². The van der Waals surface area contributed by atoms with Crippen molar-refractivity contribution in [1.29, 1.82) is 0 Å². The third-order valence-corrected chi connectivity index (χ3v) is 4.64. The number of ether oxygens (including phenoxy) is 1. The Balaban J connectivity index is 2.27. The molecule has 0 unspecified atom stereocenters. The predicted octanol–water partition coefficient (Wildman–Crippen LogP) is 1.52. The van der Waals surface area contributed by atoms with Gasteiger partial charge in [0.2, 0.25) is 0 Å². The zero-order chi connectivity index (χ0) is 13.4. The maximum absolute atomic E-state index is 11.8. The average molecular weight is 269 g/mol. The fraction of sp³-hybridized carbons (Fsp3) is 0.538. The van der Waals surface area contributed by atoms with Crippen molar-refractivity contribution in [2.24, 2.45) is 5.73 Å². The third-order valence-electron chi connectivity index (χ3n) is 3.46. The lowest BCUT2D eigenvalue weighted by Crippen LogP contribution is -2.22. The fourth-order valence-corrected chi connectivity index (χ4v) is 2.98. The summed E-state index contributed by atoms with van der Waals surface area (Å²) in [6.07, 6.45) is 4.83. The molecule has 5 heteroatoms. The van der Waals surface area contributed by atoms with Crippen LogP contribution >= 0.6 is 0 Å². The summed E-state index contributed by atoms with van der Waals surface area (Å²) >= 11 is 0. The first-order valence-electron chi connectivity index (χ1n) is 6.00. The monoisotopic (exact) mass is 269 g/mol. The minimum Gasteiger partial charge on any atom is -0.497 e. The second kappa shape index (κ2) is 4.55. The average Bonchev–Trinajstić information content (AvgIpc) is 3.04. The summed E-state index contributed by atoms with van der Waals surface area (Å²) in [6, 6.07) is 5.20. The second-order valence-corrected chi connectivity index (χ2v) is 7.09. The molecule has 0 amide bonds. The Morgan fingerprint density at radius 3 is 2.56 bits per heavy atom. The van der Waals surface area contributed by atoms with E-state index in [1.807, 2.05) is 6.07 Å². The van der Waals surface area contributed by atoms with Crippen molar-refractivity contribution in [1.82, 2.24) is 0 Å². The highest BCUT2D eigenvalue weighted by Gasteiger charge is 2.37. The minimum absolute atomic E-state index is 0.0608. The number of rotatable bonds is 5. The highest BCUT2D eigenvalue weighted by atomic mass is 32.2. The van der Waals surface area contributed by atoms with E-state index in [2.05, 4.69) is 0 Å². The van der Waals surface area contributed by atoms with Crippen LogP contribution in [0.4, 0.5) is 0 Å². The molecule has 0 aromatic heterocycles. The molecule has 0 atom stereocenters. The van der Waals surface area contributed by atoms with Gasteiger partial charge in [-0.2, -0.15) is 0 Å². The van der Waals surface area contributed by atoms with Crippen LogP contribution in [0.2, 0.25) is 0 Å². The van der Waals surface area contributed by atoms with Crippen molar-refractivity contribution in [3.05, 3.63) is 23.8 Å². The van der Waals surface area contributed by atoms with Gasteiger partial charge in [0.05, 0.1) is 12.0 Å². The molecule has 1 aliphatic carbocycles. The van der Waals surface area contributed by atoms with E-state index in [1.54, 1.807) is 12.1 Å². The lowest BCUT2D eigenvalue weighted by Gasteiger charge is -2.12. The summed E-state index contributed by atoms with van der Waals surface area (Å²) in [6.45, 7) is 0. The van der Waals surface area contributed by atoms with Crippen LogP contribution in [0, 0.1) is 0 Å². The summed E-state index contributed by atoms with van der Waals surface area (Å²) in [5.74, 6) is 0.563. The second-order valence-electron chi connectivity index (χ2n) is 5.11. The third kappa shape index (κ3) is 3.03. The van der Waals surface area contributed by atoms with Gasteiger partial charge < -0.3 is 10.5 Å². The number of hydrogen-bond acceptors (Lipinski definition) is 4. The molecule has 2 N–H and O–H groups in total. The van der Waals surface area contributed by atoms with E-state index in [0.29, 0.717) is 17.1 Å². The summed E-state index contributed by atoms with van der Waals surface area (Å²) in [5.41, 5.74) is 6.80. The number of benzene rings is 1. The predicted molar refractivity (Wildman–Crippen MR) is 70.6 cm³/mol. The smallest absolute Gasteiger partial charge is 0.175 e. The van der Waals surface area contributed by atoms with Gasteiger partial charge in [-0.3, -0.25) is 0 Å². The van der Waals surface area contributed by atoms with Crippen molar-refractivity contribution >= 4 is 9.84 Å². The largest absolute Gasteiger partial charge is 0.497 e. The number of nitrogens with two attached hydrogens (primary N) is 1. The van der Waals surface area contributed by atoms with Crippen molar-refractivity contribution < 1.29 is 13.2 Å². The molecule has 0 spiro atoms. The lowest BCUT2D eigenvalue weighted by molar-refractivity contribution is 0.413. The van der Waals surface area contributed by atoms with Gasteiger partial charge in [-0.1, -0.05) is 6.07 Å². The Morgan fingerprint density at radius 1 is 1.39 bits per heavy atom. The van der Waals surface area contributed by atoms with Crippen LogP contribution in [0.3, 0.4) is 0 Å². The van der Waals surface area contributed by atoms with Gasteiger partial charge in [-0.05, 0) is 43.4 Å². The highest BCUT2D eigenvalue weighted by molar-refractivity contribution is 7.90. The molecular weight excluding hydrogens is 250 g/mol. The van der Waals surface area contributed by atoms with E-state index in [0.717, 1.165) is 24.8 Å². The van der Waals surface area contributed by atoms with Crippen LogP contribution in [-0.4, -0.2) is 27.3 Å². The molecular formula is C13H19NO3S. The van der Waals surface area contributed by atoms with Crippen LogP contribution in [0.25, 0.3) is 0 Å². The first kappa shape index (κ1) is 13.4. The van der Waals surface area contributed by atoms with Gasteiger partial charge >= 0.3 is 0 Å². The maximum Gasteiger partial charge on any atom is 0.175 e. The zero-order valence-electron chi connectivity index (χ0n) is 10.8. The summed E-state index contributed by atoms with van der Waals surface area (Å²) < 4.78 is 28.6. The van der Waals surface area contributed by atoms with Crippen molar-refractivity contribution in [2.75, 3.05) is 13.4 Å². The Labute approximate surface area is 108 Å². The van der Waals surface area contributed by atoms with E-state index >= 15 is 0 Å². The zero-order valence-corrected chi connectivity index (χ0v) is 11.6. The van der Waals surface area contributed by atoms with E-state index in [9.17, 15) is 8.42 Å². The molecule has 1 aromatic rings. The van der Waals surface area contributed by atoms with Crippen LogP contribution < -0.4 is 10.5 Å². The topological polar surface area (TPSA) is 69.4 Å². The van der Waals surface area contributed by atoms with E-state index in [-0.39, 0.29) is 5.54 Å². The van der Waals surface area contributed by atoms with Gasteiger partial charge in [0.25, 0.3) is 0 Å². The number of sulfone groups is 1. The first-order valence-corrected chi connectivity index (χ1v) is 7.89. The molecule has 1 aliphatic rings. The molecule has 1 saturated carbocycles. The van der Waals surface area contributed by atoms with Gasteiger partial charge in [-0.15, -0.1) is 0 Å². The summed E-state index contributed by atoms with van der Waals surface area (Å²) in [4.78, 5) is 0.353. The lowest BCUT2D eigenvalue weighted by atomic mass is 10.0. The minimum atomic E-state index is -3.23. The molecule has 0 aliphatic heterocycles. The molecule has 0 bridgehead atoms. The van der Waals surface area contributed by atoms with Crippen LogP contribution in [-0.2, 0) is 16.3 Å². The Morgan fingerprint density at radius 2 is 2.06 bits per heavy atom. The van der Waals surface area contributed by atoms with Crippen LogP contribution in [0.5, 0.6) is 5.75 Å². The van der Waals surface area contributed by atoms with Crippen molar-refractivity contribution in [3.63, 3.8) is 0 Å². The Kier molecular flexibility index (Phi) is 3.38. The van der Waals surface area contributed by atoms with Gasteiger partial charge in [0.1, 0.15) is 5.75 Å². The van der Waals surface area contributed by atoms with E-state index < -0.39 is 9.84 Å². The molecule has 0 saturated heterocycles. The molecule has 0 radical (unpaired) electrons.